The van der Waals surface area contributed by atoms with Crippen molar-refractivity contribution in [2.24, 2.45) is 5.73 Å². The lowest BCUT2D eigenvalue weighted by Crippen LogP contribution is -2.42. The zero-order valence-corrected chi connectivity index (χ0v) is 12.3. The normalized spacial score (nSPS) is 26.8. The average Bonchev–Trinajstić information content (AvgIpc) is 2.32. The molecule has 3 atom stereocenters. The molecule has 1 aromatic rings. The first-order valence-corrected chi connectivity index (χ1v) is 8.37. The van der Waals surface area contributed by atoms with Gasteiger partial charge >= 0.3 is 0 Å². The van der Waals surface area contributed by atoms with E-state index in [4.69, 9.17) is 17.3 Å². The summed E-state index contributed by atoms with van der Waals surface area (Å²) in [6.07, 6.45) is 0.944. The van der Waals surface area contributed by atoms with Crippen LogP contribution in [0.4, 0.5) is 0 Å². The average molecular weight is 288 g/mol. The van der Waals surface area contributed by atoms with E-state index in [0.29, 0.717) is 10.5 Å². The molecule has 17 heavy (non-hydrogen) atoms. The maximum atomic E-state index is 6.34. The quantitative estimate of drug-likeness (QED) is 0.922. The number of thioether (sulfide) groups is 2. The van der Waals surface area contributed by atoms with Crippen molar-refractivity contribution in [1.29, 1.82) is 0 Å². The third-order valence-electron chi connectivity index (χ3n) is 3.04. The van der Waals surface area contributed by atoms with Gasteiger partial charge in [-0.15, -0.1) is 0 Å². The zero-order valence-electron chi connectivity index (χ0n) is 9.93. The second-order valence-electron chi connectivity index (χ2n) is 4.41. The third-order valence-corrected chi connectivity index (χ3v) is 6.57. The van der Waals surface area contributed by atoms with Crippen LogP contribution >= 0.6 is 35.1 Å². The van der Waals surface area contributed by atoms with E-state index >= 15 is 0 Å². The fourth-order valence-corrected chi connectivity index (χ4v) is 5.15. The Balaban J connectivity index is 1.95. The molecule has 94 valence electrons. The van der Waals surface area contributed by atoms with Gasteiger partial charge in [0, 0.05) is 33.1 Å². The largest absolute Gasteiger partial charge is 0.326 e. The first-order chi connectivity index (χ1) is 8.16. The Bertz CT molecular complexity index is 355. The van der Waals surface area contributed by atoms with Crippen LogP contribution in [-0.2, 0) is 6.42 Å². The number of nitrogens with two attached hydrogens (primary N) is 1. The van der Waals surface area contributed by atoms with E-state index in [0.717, 1.165) is 11.4 Å². The first-order valence-electron chi connectivity index (χ1n) is 5.90. The van der Waals surface area contributed by atoms with Gasteiger partial charge in [-0.05, 0) is 24.1 Å². The summed E-state index contributed by atoms with van der Waals surface area (Å²) in [5, 5.41) is 2.03. The highest BCUT2D eigenvalue weighted by Gasteiger charge is 2.27. The van der Waals surface area contributed by atoms with Crippen LogP contribution in [0.25, 0.3) is 0 Å². The zero-order chi connectivity index (χ0) is 12.3. The molecule has 4 heteroatoms. The predicted molar refractivity (Wildman–Crippen MR) is 81.3 cm³/mol. The Morgan fingerprint density at radius 1 is 1.29 bits per heavy atom. The van der Waals surface area contributed by atoms with Gasteiger partial charge in [0.05, 0.1) is 0 Å². The Labute approximate surface area is 117 Å². The van der Waals surface area contributed by atoms with E-state index in [9.17, 15) is 0 Å². The van der Waals surface area contributed by atoms with E-state index < -0.39 is 0 Å². The molecule has 1 aliphatic heterocycles. The summed E-state index contributed by atoms with van der Waals surface area (Å²) in [6, 6.07) is 8.27. The van der Waals surface area contributed by atoms with Crippen LogP contribution in [-0.4, -0.2) is 28.0 Å². The molecule has 0 aliphatic carbocycles. The maximum absolute atomic E-state index is 6.34. The molecule has 2 rings (SSSR count). The van der Waals surface area contributed by atoms with E-state index in [2.05, 4.69) is 19.1 Å². The Morgan fingerprint density at radius 3 is 2.59 bits per heavy atom. The fourth-order valence-electron chi connectivity index (χ4n) is 2.13. The SMILES string of the molecule is CC1SCCSC1C(N)Cc1ccc(Cl)cc1. The van der Waals surface area contributed by atoms with Crippen molar-refractivity contribution < 1.29 is 0 Å². The van der Waals surface area contributed by atoms with Gasteiger partial charge < -0.3 is 5.73 Å². The standard InChI is InChI=1S/C13H18ClNS2/c1-9-13(17-7-6-16-9)12(15)8-10-2-4-11(14)5-3-10/h2-5,9,12-13H,6-8,15H2,1H3. The van der Waals surface area contributed by atoms with Crippen LogP contribution in [0.3, 0.4) is 0 Å². The molecule has 1 aliphatic rings. The van der Waals surface area contributed by atoms with Gasteiger partial charge in [0.15, 0.2) is 0 Å². The lowest BCUT2D eigenvalue weighted by Gasteiger charge is -2.32. The highest BCUT2D eigenvalue weighted by molar-refractivity contribution is 8.07. The van der Waals surface area contributed by atoms with Crippen LogP contribution in [0.1, 0.15) is 12.5 Å². The fraction of sp³-hybridized carbons (Fsp3) is 0.538. The third kappa shape index (κ3) is 3.82. The minimum atomic E-state index is 0.240. The van der Waals surface area contributed by atoms with Crippen LogP contribution in [0.5, 0.6) is 0 Å². The molecule has 1 fully saturated rings. The minimum Gasteiger partial charge on any atom is -0.326 e. The monoisotopic (exact) mass is 287 g/mol. The minimum absolute atomic E-state index is 0.240. The molecule has 0 radical (unpaired) electrons. The van der Waals surface area contributed by atoms with Crippen LogP contribution in [0.2, 0.25) is 5.02 Å². The van der Waals surface area contributed by atoms with E-state index in [1.165, 1.54) is 17.1 Å². The number of hydrogen-bond donors (Lipinski definition) is 1. The van der Waals surface area contributed by atoms with Crippen molar-refractivity contribution >= 4 is 35.1 Å². The van der Waals surface area contributed by atoms with Gasteiger partial charge in [-0.1, -0.05) is 30.7 Å². The van der Waals surface area contributed by atoms with Crippen molar-refractivity contribution in [3.05, 3.63) is 34.9 Å². The van der Waals surface area contributed by atoms with Gasteiger partial charge in [-0.2, -0.15) is 23.5 Å². The lowest BCUT2D eigenvalue weighted by molar-refractivity contribution is 0.622. The summed E-state index contributed by atoms with van der Waals surface area (Å²) >= 11 is 9.96. The molecule has 1 nitrogen and oxygen atoms in total. The number of rotatable bonds is 3. The lowest BCUT2D eigenvalue weighted by atomic mass is 10.0. The Morgan fingerprint density at radius 2 is 1.94 bits per heavy atom. The van der Waals surface area contributed by atoms with Crippen LogP contribution < -0.4 is 5.73 Å². The Kier molecular flexibility index (Phi) is 5.10. The smallest absolute Gasteiger partial charge is 0.0406 e. The predicted octanol–water partition coefficient (Wildman–Crippen LogP) is 3.45. The van der Waals surface area contributed by atoms with Gasteiger partial charge in [0.1, 0.15) is 0 Å². The number of hydrogen-bond acceptors (Lipinski definition) is 3. The maximum Gasteiger partial charge on any atom is 0.0406 e. The first kappa shape index (κ1) is 13.6. The molecular formula is C13H18ClNS2. The molecule has 1 aromatic carbocycles. The van der Waals surface area contributed by atoms with Gasteiger partial charge in [-0.25, -0.2) is 0 Å². The molecule has 2 N–H and O–H groups in total. The molecule has 0 aromatic heterocycles. The summed E-state index contributed by atoms with van der Waals surface area (Å²) in [5.41, 5.74) is 7.62. The van der Waals surface area contributed by atoms with Crippen molar-refractivity contribution in [3.63, 3.8) is 0 Å². The molecule has 1 heterocycles. The second-order valence-corrected chi connectivity index (χ2v) is 7.61. The van der Waals surface area contributed by atoms with E-state index in [1.54, 1.807) is 0 Å². The van der Waals surface area contributed by atoms with Gasteiger partial charge in [0.2, 0.25) is 0 Å². The van der Waals surface area contributed by atoms with E-state index in [1.807, 2.05) is 35.7 Å². The molecule has 0 spiro atoms. The summed E-state index contributed by atoms with van der Waals surface area (Å²) in [7, 11) is 0. The molecule has 0 saturated carbocycles. The van der Waals surface area contributed by atoms with Gasteiger partial charge in [-0.3, -0.25) is 0 Å². The highest BCUT2D eigenvalue weighted by atomic mass is 35.5. The molecule has 0 bridgehead atoms. The molecule has 0 amide bonds. The summed E-state index contributed by atoms with van der Waals surface area (Å²) < 4.78 is 0. The van der Waals surface area contributed by atoms with Crippen molar-refractivity contribution in [3.8, 4) is 0 Å². The molecule has 1 saturated heterocycles. The number of halogens is 1. The molecule has 3 unspecified atom stereocenters. The van der Waals surface area contributed by atoms with Crippen molar-refractivity contribution in [1.82, 2.24) is 0 Å². The van der Waals surface area contributed by atoms with Crippen molar-refractivity contribution in [2.45, 2.75) is 29.9 Å². The van der Waals surface area contributed by atoms with E-state index in [-0.39, 0.29) is 6.04 Å². The summed E-state index contributed by atoms with van der Waals surface area (Å²) in [4.78, 5) is 0. The Hall–Kier alpha value is 0.170. The van der Waals surface area contributed by atoms with Crippen molar-refractivity contribution in [2.75, 3.05) is 11.5 Å². The van der Waals surface area contributed by atoms with Crippen LogP contribution in [0.15, 0.2) is 24.3 Å². The van der Waals surface area contributed by atoms with Crippen LogP contribution in [0, 0.1) is 0 Å². The van der Waals surface area contributed by atoms with Gasteiger partial charge in [0.25, 0.3) is 0 Å². The topological polar surface area (TPSA) is 26.0 Å². The molecular weight excluding hydrogens is 270 g/mol. The second kappa shape index (κ2) is 6.37. The highest BCUT2D eigenvalue weighted by Crippen LogP contribution is 2.33. The summed E-state index contributed by atoms with van der Waals surface area (Å²) in [6.45, 7) is 2.29. The summed E-state index contributed by atoms with van der Waals surface area (Å²) in [5.74, 6) is 2.49. The number of benzene rings is 1.